The molecule has 2 heterocycles. The number of piperidine rings is 1. The maximum absolute atomic E-state index is 13.0. The number of carbonyl (C=O) groups excluding carboxylic acids is 1. The number of thiophene rings is 1. The van der Waals surface area contributed by atoms with Gasteiger partial charge < -0.3 is 10.1 Å². The summed E-state index contributed by atoms with van der Waals surface area (Å²) in [6.07, 6.45) is 2.08. The Kier molecular flexibility index (Phi) is 6.97. The maximum atomic E-state index is 13.0. The maximum Gasteiger partial charge on any atom is 0.252 e. The van der Waals surface area contributed by atoms with E-state index in [2.05, 4.69) is 5.32 Å². The summed E-state index contributed by atoms with van der Waals surface area (Å²) in [5.41, 5.74) is 0.931. The molecule has 1 amide bonds. The Bertz CT molecular complexity index is 955. The summed E-state index contributed by atoms with van der Waals surface area (Å²) >= 11 is 1.27. The molecule has 2 unspecified atom stereocenters. The Morgan fingerprint density at radius 2 is 2.07 bits per heavy atom. The van der Waals surface area contributed by atoms with E-state index in [4.69, 9.17) is 4.74 Å². The zero-order valence-corrected chi connectivity index (χ0v) is 18.7. The van der Waals surface area contributed by atoms with Crippen LogP contribution in [-0.4, -0.2) is 38.8 Å². The molecule has 1 aliphatic heterocycles. The number of benzene rings is 1. The Balaban J connectivity index is 1.72. The van der Waals surface area contributed by atoms with Crippen LogP contribution < -0.4 is 10.1 Å². The highest BCUT2D eigenvalue weighted by Gasteiger charge is 2.34. The molecule has 158 valence electrons. The average molecular weight is 437 g/mol. The zero-order valence-electron chi connectivity index (χ0n) is 17.1. The number of aryl methyl sites for hydroxylation is 1. The molecule has 2 atom stereocenters. The first-order valence-corrected chi connectivity index (χ1v) is 12.1. The molecule has 6 nitrogen and oxygen atoms in total. The molecule has 8 heteroatoms. The second-order valence-electron chi connectivity index (χ2n) is 7.28. The molecule has 0 bridgehead atoms. The molecule has 0 spiro atoms. The number of hydrogen-bond acceptors (Lipinski definition) is 5. The Morgan fingerprint density at radius 3 is 2.72 bits per heavy atom. The van der Waals surface area contributed by atoms with Crippen molar-refractivity contribution in [3.63, 3.8) is 0 Å². The van der Waals surface area contributed by atoms with E-state index >= 15 is 0 Å². The molecule has 1 aromatic heterocycles. The van der Waals surface area contributed by atoms with Crippen LogP contribution in [0.2, 0.25) is 0 Å². The van der Waals surface area contributed by atoms with Crippen LogP contribution in [0.3, 0.4) is 0 Å². The molecule has 1 aromatic carbocycles. The largest absolute Gasteiger partial charge is 0.496 e. The van der Waals surface area contributed by atoms with Crippen LogP contribution in [-0.2, 0) is 14.8 Å². The molecule has 2 aromatic rings. The number of para-hydroxylation sites is 1. The van der Waals surface area contributed by atoms with Gasteiger partial charge in [-0.05, 0) is 44.4 Å². The SMILES string of the molecule is CCC(NC(=O)C1CCCN(S(=O)(=O)c2ccc(C)s2)C1)c1ccccc1OC. The summed E-state index contributed by atoms with van der Waals surface area (Å²) in [5, 5.41) is 3.11. The Morgan fingerprint density at radius 1 is 1.31 bits per heavy atom. The van der Waals surface area contributed by atoms with Crippen LogP contribution >= 0.6 is 11.3 Å². The van der Waals surface area contributed by atoms with Gasteiger partial charge in [0.15, 0.2) is 0 Å². The molecular formula is C21H28N2O4S2. The molecular weight excluding hydrogens is 408 g/mol. The lowest BCUT2D eigenvalue weighted by molar-refractivity contribution is -0.126. The van der Waals surface area contributed by atoms with Gasteiger partial charge in [0.25, 0.3) is 10.0 Å². The summed E-state index contributed by atoms with van der Waals surface area (Å²) in [6, 6.07) is 10.9. The van der Waals surface area contributed by atoms with E-state index in [0.29, 0.717) is 23.6 Å². The smallest absolute Gasteiger partial charge is 0.252 e. The van der Waals surface area contributed by atoms with E-state index in [-0.39, 0.29) is 24.4 Å². The molecule has 3 rings (SSSR count). The number of ether oxygens (including phenoxy) is 1. The van der Waals surface area contributed by atoms with E-state index in [1.54, 1.807) is 13.2 Å². The van der Waals surface area contributed by atoms with Gasteiger partial charge in [-0.15, -0.1) is 11.3 Å². The third kappa shape index (κ3) is 4.82. The van der Waals surface area contributed by atoms with Crippen molar-refractivity contribution in [3.05, 3.63) is 46.8 Å². The minimum Gasteiger partial charge on any atom is -0.496 e. The molecule has 0 radical (unpaired) electrons. The molecule has 1 N–H and O–H groups in total. The van der Waals surface area contributed by atoms with E-state index in [9.17, 15) is 13.2 Å². The van der Waals surface area contributed by atoms with Crippen molar-refractivity contribution in [3.8, 4) is 5.75 Å². The van der Waals surface area contributed by atoms with Crippen molar-refractivity contribution in [2.24, 2.45) is 5.92 Å². The standard InChI is InChI=1S/C21H28N2O4S2/c1-4-18(17-9-5-6-10-19(17)27-3)22-21(24)16-8-7-13-23(14-16)29(25,26)20-12-11-15(2)28-20/h5-6,9-12,16,18H,4,7-8,13-14H2,1-3H3,(H,22,24). The van der Waals surface area contributed by atoms with Gasteiger partial charge in [0.2, 0.25) is 5.91 Å². The van der Waals surface area contributed by atoms with Gasteiger partial charge in [-0.3, -0.25) is 4.79 Å². The second-order valence-corrected chi connectivity index (χ2v) is 10.7. The topological polar surface area (TPSA) is 75.7 Å². The van der Waals surface area contributed by atoms with Crippen molar-refractivity contribution in [2.75, 3.05) is 20.2 Å². The lowest BCUT2D eigenvalue weighted by Crippen LogP contribution is -2.45. The summed E-state index contributed by atoms with van der Waals surface area (Å²) in [5.74, 6) is 0.272. The van der Waals surface area contributed by atoms with Crippen LogP contribution in [0, 0.1) is 12.8 Å². The Labute approximate surface area is 176 Å². The monoisotopic (exact) mass is 436 g/mol. The summed E-state index contributed by atoms with van der Waals surface area (Å²) in [4.78, 5) is 13.9. The highest BCUT2D eigenvalue weighted by Crippen LogP contribution is 2.30. The molecule has 1 saturated heterocycles. The predicted octanol–water partition coefficient (Wildman–Crippen LogP) is 3.73. The number of nitrogens with one attached hydrogen (secondary N) is 1. The summed E-state index contributed by atoms with van der Waals surface area (Å²) in [7, 11) is -1.94. The second kappa shape index (κ2) is 9.28. The number of rotatable bonds is 7. The van der Waals surface area contributed by atoms with E-state index in [0.717, 1.165) is 22.6 Å². The van der Waals surface area contributed by atoms with Crippen LogP contribution in [0.25, 0.3) is 0 Å². The zero-order chi connectivity index (χ0) is 21.0. The molecule has 0 aliphatic carbocycles. The fourth-order valence-corrected chi connectivity index (χ4v) is 6.66. The first-order chi connectivity index (χ1) is 13.9. The van der Waals surface area contributed by atoms with Crippen LogP contribution in [0.5, 0.6) is 5.75 Å². The number of methoxy groups -OCH3 is 1. The van der Waals surface area contributed by atoms with Gasteiger partial charge in [0, 0.05) is 23.5 Å². The molecule has 0 saturated carbocycles. The van der Waals surface area contributed by atoms with Crippen molar-refractivity contribution in [1.82, 2.24) is 9.62 Å². The molecule has 29 heavy (non-hydrogen) atoms. The Hall–Kier alpha value is -1.90. The van der Waals surface area contributed by atoms with Gasteiger partial charge >= 0.3 is 0 Å². The first-order valence-electron chi connectivity index (χ1n) is 9.86. The highest BCUT2D eigenvalue weighted by molar-refractivity contribution is 7.91. The fraction of sp³-hybridized carbons (Fsp3) is 0.476. The van der Waals surface area contributed by atoms with Crippen molar-refractivity contribution >= 4 is 27.3 Å². The number of hydrogen-bond donors (Lipinski definition) is 1. The van der Waals surface area contributed by atoms with Gasteiger partial charge in [0.05, 0.1) is 19.1 Å². The van der Waals surface area contributed by atoms with Gasteiger partial charge in [0.1, 0.15) is 9.96 Å². The quantitative estimate of drug-likeness (QED) is 0.718. The summed E-state index contributed by atoms with van der Waals surface area (Å²) < 4.78 is 33.1. The third-order valence-corrected chi connectivity index (χ3v) is 8.64. The van der Waals surface area contributed by atoms with E-state index < -0.39 is 10.0 Å². The normalized spacial score (nSPS) is 18.9. The van der Waals surface area contributed by atoms with Crippen LogP contribution in [0.1, 0.15) is 42.7 Å². The third-order valence-electron chi connectivity index (χ3n) is 5.30. The fourth-order valence-electron chi connectivity index (χ4n) is 3.70. The number of amides is 1. The van der Waals surface area contributed by atoms with Crippen molar-refractivity contribution in [2.45, 2.75) is 43.4 Å². The minimum absolute atomic E-state index is 0.106. The number of sulfonamides is 1. The predicted molar refractivity (Wildman–Crippen MR) is 115 cm³/mol. The van der Waals surface area contributed by atoms with Crippen molar-refractivity contribution < 1.29 is 17.9 Å². The average Bonchev–Trinajstić information content (AvgIpc) is 3.19. The number of nitrogens with zero attached hydrogens (tertiary/aromatic N) is 1. The lowest BCUT2D eigenvalue weighted by Gasteiger charge is -2.32. The van der Waals surface area contributed by atoms with Crippen molar-refractivity contribution in [1.29, 1.82) is 0 Å². The highest BCUT2D eigenvalue weighted by atomic mass is 32.2. The van der Waals surface area contributed by atoms with Gasteiger partial charge in [-0.2, -0.15) is 4.31 Å². The van der Waals surface area contributed by atoms with Crippen LogP contribution in [0.15, 0.2) is 40.6 Å². The molecule has 1 fully saturated rings. The minimum atomic E-state index is -3.55. The van der Waals surface area contributed by atoms with E-state index in [1.165, 1.54) is 15.6 Å². The summed E-state index contributed by atoms with van der Waals surface area (Å²) in [6.45, 7) is 4.56. The van der Waals surface area contributed by atoms with Gasteiger partial charge in [-0.25, -0.2) is 8.42 Å². The molecule has 1 aliphatic rings. The first kappa shape index (κ1) is 21.8. The van der Waals surface area contributed by atoms with E-state index in [1.807, 2.05) is 44.2 Å². The van der Waals surface area contributed by atoms with Gasteiger partial charge in [-0.1, -0.05) is 25.1 Å². The van der Waals surface area contributed by atoms with Crippen LogP contribution in [0.4, 0.5) is 0 Å². The lowest BCUT2D eigenvalue weighted by atomic mass is 9.97. The number of carbonyl (C=O) groups is 1.